The van der Waals surface area contributed by atoms with Gasteiger partial charge in [0.15, 0.2) is 0 Å². The number of morpholine rings is 1. The fourth-order valence-corrected chi connectivity index (χ4v) is 2.63. The first kappa shape index (κ1) is 15.8. The van der Waals surface area contributed by atoms with E-state index in [0.717, 1.165) is 44.0 Å². The average Bonchev–Trinajstić information content (AvgIpc) is 2.53. The molecule has 1 fully saturated rings. The van der Waals surface area contributed by atoms with Crippen molar-refractivity contribution < 1.29 is 9.47 Å². The normalized spacial score (nSPS) is 18.9. The van der Waals surface area contributed by atoms with Crippen molar-refractivity contribution in [1.29, 1.82) is 0 Å². The third-order valence-corrected chi connectivity index (χ3v) is 3.81. The summed E-state index contributed by atoms with van der Waals surface area (Å²) in [4.78, 5) is 2.46. The second-order valence-corrected chi connectivity index (χ2v) is 5.14. The Kier molecular flexibility index (Phi) is 6.06. The van der Waals surface area contributed by atoms with Crippen LogP contribution in [0.25, 0.3) is 0 Å². The zero-order chi connectivity index (χ0) is 15.1. The molecule has 0 amide bonds. The van der Waals surface area contributed by atoms with Crippen LogP contribution in [0.3, 0.4) is 0 Å². The predicted molar refractivity (Wildman–Crippen MR) is 84.2 cm³/mol. The maximum Gasteiger partial charge on any atom is 0.123 e. The van der Waals surface area contributed by atoms with Crippen LogP contribution in [0.2, 0.25) is 0 Å². The van der Waals surface area contributed by atoms with Gasteiger partial charge in [-0.25, -0.2) is 0 Å². The Labute approximate surface area is 127 Å². The van der Waals surface area contributed by atoms with Gasteiger partial charge in [-0.1, -0.05) is 18.8 Å². The van der Waals surface area contributed by atoms with Gasteiger partial charge in [0.2, 0.25) is 0 Å². The number of ether oxygens (including phenoxy) is 2. The molecule has 1 heterocycles. The van der Waals surface area contributed by atoms with Gasteiger partial charge in [0, 0.05) is 30.3 Å². The third-order valence-electron chi connectivity index (χ3n) is 3.81. The third kappa shape index (κ3) is 4.21. The van der Waals surface area contributed by atoms with Crippen LogP contribution < -0.4 is 10.5 Å². The Morgan fingerprint density at radius 1 is 1.48 bits per heavy atom. The zero-order valence-electron chi connectivity index (χ0n) is 12.9. The fourth-order valence-electron chi connectivity index (χ4n) is 2.63. The minimum Gasteiger partial charge on any atom is -0.496 e. The van der Waals surface area contributed by atoms with Gasteiger partial charge in [0.1, 0.15) is 5.75 Å². The van der Waals surface area contributed by atoms with Crippen molar-refractivity contribution in [2.75, 3.05) is 33.4 Å². The molecule has 114 valence electrons. The highest BCUT2D eigenvalue weighted by molar-refractivity contribution is 5.44. The van der Waals surface area contributed by atoms with Gasteiger partial charge in [-0.05, 0) is 24.6 Å². The molecule has 1 unspecified atom stereocenters. The molecule has 1 aliphatic heterocycles. The maximum atomic E-state index is 5.57. The van der Waals surface area contributed by atoms with Gasteiger partial charge in [0.05, 0.1) is 26.9 Å². The van der Waals surface area contributed by atoms with Gasteiger partial charge in [-0.15, -0.1) is 0 Å². The quantitative estimate of drug-likeness (QED) is 0.855. The molecule has 1 aromatic carbocycles. The lowest BCUT2D eigenvalue weighted by molar-refractivity contribution is -0.0129. The highest BCUT2D eigenvalue weighted by Crippen LogP contribution is 2.23. The van der Waals surface area contributed by atoms with E-state index in [-0.39, 0.29) is 0 Å². The number of hydrogen-bond acceptors (Lipinski definition) is 4. The first-order chi connectivity index (χ1) is 10.3. The lowest BCUT2D eigenvalue weighted by Gasteiger charge is -2.35. The summed E-state index contributed by atoms with van der Waals surface area (Å²) in [5.74, 6) is 6.89. The summed E-state index contributed by atoms with van der Waals surface area (Å²) >= 11 is 0. The van der Waals surface area contributed by atoms with Gasteiger partial charge in [0.25, 0.3) is 0 Å². The van der Waals surface area contributed by atoms with E-state index in [0.29, 0.717) is 12.6 Å². The number of hydrogen-bond donors (Lipinski definition) is 1. The Morgan fingerprint density at radius 3 is 3.05 bits per heavy atom. The van der Waals surface area contributed by atoms with Crippen LogP contribution in [0, 0.1) is 11.8 Å². The largest absolute Gasteiger partial charge is 0.496 e. The number of methoxy groups -OCH3 is 1. The molecule has 0 saturated carbocycles. The number of nitrogens with zero attached hydrogens (tertiary/aromatic N) is 1. The topological polar surface area (TPSA) is 47.7 Å². The molecule has 0 radical (unpaired) electrons. The summed E-state index contributed by atoms with van der Waals surface area (Å²) in [6.07, 6.45) is 1.09. The van der Waals surface area contributed by atoms with Crippen molar-refractivity contribution in [3.8, 4) is 17.6 Å². The molecule has 4 nitrogen and oxygen atoms in total. The first-order valence-corrected chi connectivity index (χ1v) is 7.46. The van der Waals surface area contributed by atoms with Crippen molar-refractivity contribution in [2.45, 2.75) is 25.9 Å². The lowest BCUT2D eigenvalue weighted by atomic mass is 10.1. The van der Waals surface area contributed by atoms with E-state index in [1.54, 1.807) is 7.11 Å². The van der Waals surface area contributed by atoms with Crippen molar-refractivity contribution in [3.05, 3.63) is 29.3 Å². The van der Waals surface area contributed by atoms with Crippen molar-refractivity contribution in [3.63, 3.8) is 0 Å². The number of nitrogens with two attached hydrogens (primary N) is 1. The highest BCUT2D eigenvalue weighted by atomic mass is 16.5. The molecule has 0 bridgehead atoms. The molecule has 1 saturated heterocycles. The summed E-state index contributed by atoms with van der Waals surface area (Å²) in [5.41, 5.74) is 7.59. The van der Waals surface area contributed by atoms with Crippen LogP contribution in [0.1, 0.15) is 24.5 Å². The summed E-state index contributed by atoms with van der Waals surface area (Å²) < 4.78 is 11.0. The van der Waals surface area contributed by atoms with E-state index < -0.39 is 0 Å². The number of benzene rings is 1. The van der Waals surface area contributed by atoms with Gasteiger partial charge in [-0.2, -0.15) is 0 Å². The molecule has 0 aliphatic carbocycles. The molecule has 21 heavy (non-hydrogen) atoms. The van der Waals surface area contributed by atoms with E-state index in [9.17, 15) is 0 Å². The van der Waals surface area contributed by atoms with E-state index in [4.69, 9.17) is 15.2 Å². The van der Waals surface area contributed by atoms with Crippen LogP contribution >= 0.6 is 0 Å². The molecular weight excluding hydrogens is 264 g/mol. The van der Waals surface area contributed by atoms with Crippen LogP contribution in [0.15, 0.2) is 18.2 Å². The van der Waals surface area contributed by atoms with Gasteiger partial charge >= 0.3 is 0 Å². The van der Waals surface area contributed by atoms with Crippen LogP contribution in [-0.2, 0) is 11.3 Å². The monoisotopic (exact) mass is 288 g/mol. The molecular formula is C17H24N2O2. The van der Waals surface area contributed by atoms with Crippen LogP contribution in [-0.4, -0.2) is 44.4 Å². The second kappa shape index (κ2) is 8.04. The fraction of sp³-hybridized carbons (Fsp3) is 0.529. The molecule has 1 aliphatic rings. The molecule has 4 heteroatoms. The SMILES string of the molecule is CCC1COCCN1Cc1cc(C#CCN)ccc1OC. The van der Waals surface area contributed by atoms with Crippen molar-refractivity contribution in [2.24, 2.45) is 5.73 Å². The van der Waals surface area contributed by atoms with Crippen molar-refractivity contribution >= 4 is 0 Å². The Hall–Kier alpha value is -1.54. The Bertz CT molecular complexity index is 519. The zero-order valence-corrected chi connectivity index (χ0v) is 12.9. The number of rotatable bonds is 4. The second-order valence-electron chi connectivity index (χ2n) is 5.14. The highest BCUT2D eigenvalue weighted by Gasteiger charge is 2.22. The minimum absolute atomic E-state index is 0.378. The lowest BCUT2D eigenvalue weighted by Crippen LogP contribution is -2.44. The summed E-state index contributed by atoms with van der Waals surface area (Å²) in [5, 5.41) is 0. The predicted octanol–water partition coefficient (Wildman–Crippen LogP) is 1.62. The standard InChI is InChI=1S/C17H24N2O2/c1-3-16-13-21-10-9-19(16)12-15-11-14(5-4-8-18)6-7-17(15)20-2/h6-7,11,16H,3,8-10,12-13,18H2,1-2H3. The molecule has 1 aromatic rings. The van der Waals surface area contributed by atoms with Crippen LogP contribution in [0.5, 0.6) is 5.75 Å². The van der Waals surface area contributed by atoms with Gasteiger partial charge in [-0.3, -0.25) is 4.90 Å². The maximum absolute atomic E-state index is 5.57. The van der Waals surface area contributed by atoms with Crippen LogP contribution in [0.4, 0.5) is 0 Å². The molecule has 2 rings (SSSR count). The minimum atomic E-state index is 0.378. The Morgan fingerprint density at radius 2 is 2.33 bits per heavy atom. The molecule has 0 aromatic heterocycles. The Balaban J connectivity index is 2.19. The molecule has 0 spiro atoms. The van der Waals surface area contributed by atoms with Gasteiger partial charge < -0.3 is 15.2 Å². The first-order valence-electron chi connectivity index (χ1n) is 7.46. The molecule has 1 atom stereocenters. The summed E-state index contributed by atoms with van der Waals surface area (Å²) in [7, 11) is 1.71. The van der Waals surface area contributed by atoms with Crippen molar-refractivity contribution in [1.82, 2.24) is 4.90 Å². The van der Waals surface area contributed by atoms with E-state index in [1.807, 2.05) is 12.1 Å². The average molecular weight is 288 g/mol. The molecule has 2 N–H and O–H groups in total. The smallest absolute Gasteiger partial charge is 0.123 e. The van der Waals surface area contributed by atoms with E-state index >= 15 is 0 Å². The van der Waals surface area contributed by atoms with E-state index in [1.165, 1.54) is 5.56 Å². The summed E-state index contributed by atoms with van der Waals surface area (Å²) in [6, 6.07) is 6.53. The van der Waals surface area contributed by atoms with E-state index in [2.05, 4.69) is 29.7 Å². The summed E-state index contributed by atoms with van der Waals surface area (Å²) in [6.45, 7) is 6.01.